The first-order valence-corrected chi connectivity index (χ1v) is 8.01. The van der Waals surface area contributed by atoms with Crippen LogP contribution in [0.4, 0.5) is 0 Å². The van der Waals surface area contributed by atoms with Gasteiger partial charge in [-0.25, -0.2) is 13.4 Å². The molecule has 1 aliphatic carbocycles. The summed E-state index contributed by atoms with van der Waals surface area (Å²) in [5.74, 6) is 0.406. The van der Waals surface area contributed by atoms with Crippen LogP contribution in [0.25, 0.3) is 0 Å². The van der Waals surface area contributed by atoms with Crippen LogP contribution in [0.2, 0.25) is 0 Å². The molecule has 1 aromatic heterocycles. The number of aromatic nitrogens is 1. The maximum atomic E-state index is 11.0. The van der Waals surface area contributed by atoms with Gasteiger partial charge in [0.15, 0.2) is 0 Å². The predicted molar refractivity (Wildman–Crippen MR) is 68.4 cm³/mol. The molecule has 1 aliphatic rings. The van der Waals surface area contributed by atoms with Gasteiger partial charge in [0, 0.05) is 29.3 Å². The van der Waals surface area contributed by atoms with Gasteiger partial charge in [-0.1, -0.05) is 0 Å². The molecule has 7 heteroatoms. The molecule has 0 unspecified atom stereocenters. The van der Waals surface area contributed by atoms with Crippen molar-refractivity contribution in [2.24, 2.45) is 0 Å². The van der Waals surface area contributed by atoms with E-state index in [1.807, 2.05) is 0 Å². The summed E-state index contributed by atoms with van der Waals surface area (Å²) in [6.45, 7) is 1.37. The van der Waals surface area contributed by atoms with Gasteiger partial charge in [0.25, 0.3) is 9.05 Å². The Hall–Kier alpha value is -0.850. The Balaban J connectivity index is 1.82. The monoisotopic (exact) mass is 290 g/mol. The highest BCUT2D eigenvalue weighted by Gasteiger charge is 2.25. The van der Waals surface area contributed by atoms with E-state index in [1.54, 1.807) is 0 Å². The number of hydrogen-bond acceptors (Lipinski definition) is 5. The quantitative estimate of drug-likeness (QED) is 0.743. The van der Waals surface area contributed by atoms with E-state index < -0.39 is 9.05 Å². The molecule has 0 bridgehead atoms. The van der Waals surface area contributed by atoms with Crippen molar-refractivity contribution in [3.8, 4) is 5.88 Å². The topological polar surface area (TPSA) is 59.5 Å². The summed E-state index contributed by atoms with van der Waals surface area (Å²) in [4.78, 5) is 6.12. The number of pyridine rings is 1. The summed E-state index contributed by atoms with van der Waals surface area (Å²) in [6.07, 6.45) is 3.72. The van der Waals surface area contributed by atoms with Crippen LogP contribution in [0.5, 0.6) is 5.88 Å². The molecule has 0 N–H and O–H groups in total. The standard InChI is InChI=1S/C11H15ClN2O3S/c1-14(9-2-3-9)6-7-17-11-5-4-10(8-13-11)18(12,15)16/h4-5,8-9H,2-3,6-7H2,1H3. The molecule has 2 rings (SSSR count). The molecule has 0 spiro atoms. The molecular formula is C11H15ClN2O3S. The Morgan fingerprint density at radius 1 is 1.50 bits per heavy atom. The Bertz CT molecular complexity index is 500. The number of likely N-dealkylation sites (N-methyl/N-ethyl adjacent to an activating group) is 1. The van der Waals surface area contributed by atoms with E-state index in [-0.39, 0.29) is 4.90 Å². The Morgan fingerprint density at radius 2 is 2.22 bits per heavy atom. The Morgan fingerprint density at radius 3 is 2.72 bits per heavy atom. The predicted octanol–water partition coefficient (Wildman–Crippen LogP) is 1.48. The van der Waals surface area contributed by atoms with Crippen LogP contribution in [0, 0.1) is 0 Å². The van der Waals surface area contributed by atoms with Gasteiger partial charge in [-0.3, -0.25) is 0 Å². The third kappa shape index (κ3) is 3.83. The van der Waals surface area contributed by atoms with Crippen LogP contribution in [-0.2, 0) is 9.05 Å². The third-order valence-corrected chi connectivity index (χ3v) is 4.19. The zero-order valence-electron chi connectivity index (χ0n) is 10.0. The SMILES string of the molecule is CN(CCOc1ccc(S(=O)(=O)Cl)cn1)C1CC1. The van der Waals surface area contributed by atoms with Crippen LogP contribution >= 0.6 is 10.7 Å². The zero-order chi connectivity index (χ0) is 13.2. The lowest BCUT2D eigenvalue weighted by molar-refractivity contribution is 0.226. The fourth-order valence-corrected chi connectivity index (χ4v) is 2.27. The Labute approximate surface area is 111 Å². The average molecular weight is 291 g/mol. The maximum Gasteiger partial charge on any atom is 0.262 e. The van der Waals surface area contributed by atoms with Crippen molar-refractivity contribution in [2.75, 3.05) is 20.2 Å². The van der Waals surface area contributed by atoms with Gasteiger partial charge in [0.2, 0.25) is 5.88 Å². The highest BCUT2D eigenvalue weighted by molar-refractivity contribution is 8.13. The second-order valence-corrected chi connectivity index (χ2v) is 6.90. The number of rotatable bonds is 6. The first-order valence-electron chi connectivity index (χ1n) is 5.70. The van der Waals surface area contributed by atoms with Crippen LogP contribution in [0.15, 0.2) is 23.2 Å². The number of nitrogens with zero attached hydrogens (tertiary/aromatic N) is 2. The summed E-state index contributed by atoms with van der Waals surface area (Å²) in [6, 6.07) is 3.59. The molecule has 1 aromatic rings. The minimum absolute atomic E-state index is 0.0217. The van der Waals surface area contributed by atoms with Crippen molar-refractivity contribution in [1.29, 1.82) is 0 Å². The molecule has 0 saturated heterocycles. The van der Waals surface area contributed by atoms with E-state index >= 15 is 0 Å². The third-order valence-electron chi connectivity index (χ3n) is 2.85. The number of halogens is 1. The van der Waals surface area contributed by atoms with Crippen molar-refractivity contribution in [1.82, 2.24) is 9.88 Å². The molecule has 0 amide bonds. The van der Waals surface area contributed by atoms with Crippen molar-refractivity contribution in [2.45, 2.75) is 23.8 Å². The number of hydrogen-bond donors (Lipinski definition) is 0. The largest absolute Gasteiger partial charge is 0.476 e. The van der Waals surface area contributed by atoms with Gasteiger partial charge in [-0.15, -0.1) is 0 Å². The summed E-state index contributed by atoms with van der Waals surface area (Å²) in [5.41, 5.74) is 0. The second kappa shape index (κ2) is 5.42. The van der Waals surface area contributed by atoms with Gasteiger partial charge in [-0.2, -0.15) is 0 Å². The second-order valence-electron chi connectivity index (χ2n) is 4.33. The Kier molecular flexibility index (Phi) is 4.09. The lowest BCUT2D eigenvalue weighted by Gasteiger charge is -2.15. The molecule has 5 nitrogen and oxygen atoms in total. The maximum absolute atomic E-state index is 11.0. The van der Waals surface area contributed by atoms with Crippen molar-refractivity contribution in [3.63, 3.8) is 0 Å². The molecule has 0 aliphatic heterocycles. The zero-order valence-corrected chi connectivity index (χ0v) is 11.6. The van der Waals surface area contributed by atoms with Gasteiger partial charge >= 0.3 is 0 Å². The molecule has 1 fully saturated rings. The molecule has 0 aromatic carbocycles. The summed E-state index contributed by atoms with van der Waals surface area (Å²) >= 11 is 0. The first kappa shape index (κ1) is 13.6. The fourth-order valence-electron chi connectivity index (χ4n) is 1.59. The van der Waals surface area contributed by atoms with E-state index in [0.29, 0.717) is 18.5 Å². The van der Waals surface area contributed by atoms with Crippen molar-refractivity contribution >= 4 is 19.7 Å². The van der Waals surface area contributed by atoms with E-state index in [2.05, 4.69) is 16.9 Å². The summed E-state index contributed by atoms with van der Waals surface area (Å²) in [5, 5.41) is 0. The summed E-state index contributed by atoms with van der Waals surface area (Å²) < 4.78 is 27.4. The van der Waals surface area contributed by atoms with Crippen LogP contribution < -0.4 is 4.74 Å². The number of ether oxygens (including phenoxy) is 1. The minimum Gasteiger partial charge on any atom is -0.476 e. The highest BCUT2D eigenvalue weighted by atomic mass is 35.7. The first-order chi connectivity index (χ1) is 8.47. The highest BCUT2D eigenvalue weighted by Crippen LogP contribution is 2.24. The summed E-state index contributed by atoms with van der Waals surface area (Å²) in [7, 11) is 3.54. The normalized spacial score (nSPS) is 15.9. The lowest BCUT2D eigenvalue weighted by Crippen LogP contribution is -2.26. The fraction of sp³-hybridized carbons (Fsp3) is 0.545. The van der Waals surface area contributed by atoms with Gasteiger partial charge in [0.05, 0.1) is 6.20 Å². The van der Waals surface area contributed by atoms with Gasteiger partial charge in [-0.05, 0) is 26.0 Å². The average Bonchev–Trinajstić information content (AvgIpc) is 3.12. The smallest absolute Gasteiger partial charge is 0.262 e. The van der Waals surface area contributed by atoms with Crippen molar-refractivity contribution < 1.29 is 13.2 Å². The van der Waals surface area contributed by atoms with Crippen LogP contribution in [0.1, 0.15) is 12.8 Å². The molecule has 1 saturated carbocycles. The van der Waals surface area contributed by atoms with E-state index in [0.717, 1.165) is 6.54 Å². The minimum atomic E-state index is -3.71. The van der Waals surface area contributed by atoms with E-state index in [9.17, 15) is 8.42 Å². The van der Waals surface area contributed by atoms with Crippen LogP contribution in [-0.4, -0.2) is 44.5 Å². The van der Waals surface area contributed by atoms with Crippen molar-refractivity contribution in [3.05, 3.63) is 18.3 Å². The van der Waals surface area contributed by atoms with Crippen LogP contribution in [0.3, 0.4) is 0 Å². The molecule has 100 valence electrons. The molecule has 0 radical (unpaired) electrons. The molecule has 1 heterocycles. The van der Waals surface area contributed by atoms with Gasteiger partial charge in [0.1, 0.15) is 11.5 Å². The molecular weight excluding hydrogens is 276 g/mol. The molecule has 0 atom stereocenters. The lowest BCUT2D eigenvalue weighted by atomic mass is 10.5. The van der Waals surface area contributed by atoms with E-state index in [1.165, 1.54) is 31.2 Å². The van der Waals surface area contributed by atoms with Gasteiger partial charge < -0.3 is 9.64 Å². The molecule has 18 heavy (non-hydrogen) atoms. The van der Waals surface area contributed by atoms with E-state index in [4.69, 9.17) is 15.4 Å².